The topological polar surface area (TPSA) is 51.8 Å². The van der Waals surface area contributed by atoms with Crippen molar-refractivity contribution in [3.05, 3.63) is 23.3 Å². The van der Waals surface area contributed by atoms with Crippen LogP contribution >= 0.6 is 0 Å². The fraction of sp³-hybridized carbons (Fsp3) is 0.765. The molecule has 0 radical (unpaired) electrons. The maximum Gasteiger partial charge on any atom is 0.135 e. The summed E-state index contributed by atoms with van der Waals surface area (Å²) in [5.74, 6) is 4.00. The van der Waals surface area contributed by atoms with Crippen molar-refractivity contribution < 1.29 is 0 Å². The Morgan fingerprint density at radius 1 is 1.10 bits per heavy atom. The molecular formula is C17H25N3. The largest absolute Gasteiger partial charge is 0.330 e. The Morgan fingerprint density at radius 3 is 2.25 bits per heavy atom. The molecule has 0 unspecified atom stereocenters. The molecule has 0 spiro atoms. The van der Waals surface area contributed by atoms with E-state index in [0.717, 1.165) is 41.4 Å². The Kier molecular flexibility index (Phi) is 2.88. The van der Waals surface area contributed by atoms with Crippen molar-refractivity contribution in [1.29, 1.82) is 0 Å². The Hall–Kier alpha value is -0.960. The van der Waals surface area contributed by atoms with Crippen LogP contribution in [0.4, 0.5) is 0 Å². The summed E-state index contributed by atoms with van der Waals surface area (Å²) < 4.78 is 0. The van der Waals surface area contributed by atoms with Crippen molar-refractivity contribution in [3.8, 4) is 0 Å². The Bertz CT molecular complexity index is 488. The maximum absolute atomic E-state index is 5.71. The highest BCUT2D eigenvalue weighted by Gasteiger charge is 2.53. The van der Waals surface area contributed by atoms with Crippen molar-refractivity contribution >= 4 is 0 Å². The lowest BCUT2D eigenvalue weighted by Gasteiger charge is -2.56. The van der Waals surface area contributed by atoms with Gasteiger partial charge in [0, 0.05) is 23.2 Å². The van der Waals surface area contributed by atoms with E-state index in [0.29, 0.717) is 12.0 Å². The standard InChI is InChI=1S/C17H25N3/c1-11-4-15(2-3-18)20-16(19-11)17-8-12-5-13(9-17)7-14(6-12)10-17/h4,12-14H,2-3,5-10,18H2,1H3. The third-order valence-corrected chi connectivity index (χ3v) is 5.82. The molecule has 4 fully saturated rings. The summed E-state index contributed by atoms with van der Waals surface area (Å²) >= 11 is 0. The van der Waals surface area contributed by atoms with Crippen molar-refractivity contribution in [1.82, 2.24) is 9.97 Å². The third kappa shape index (κ3) is 1.98. The second-order valence-electron chi connectivity index (χ2n) is 7.56. The van der Waals surface area contributed by atoms with E-state index in [2.05, 4.69) is 13.0 Å². The number of hydrogen-bond acceptors (Lipinski definition) is 3. The second kappa shape index (κ2) is 4.52. The van der Waals surface area contributed by atoms with Gasteiger partial charge in [-0.15, -0.1) is 0 Å². The molecule has 3 nitrogen and oxygen atoms in total. The summed E-state index contributed by atoms with van der Waals surface area (Å²) in [6, 6.07) is 2.11. The Morgan fingerprint density at radius 2 is 1.70 bits per heavy atom. The molecule has 1 aromatic heterocycles. The van der Waals surface area contributed by atoms with E-state index in [4.69, 9.17) is 15.7 Å². The predicted molar refractivity (Wildman–Crippen MR) is 79.4 cm³/mol. The first-order chi connectivity index (χ1) is 9.67. The van der Waals surface area contributed by atoms with Gasteiger partial charge in [-0.25, -0.2) is 9.97 Å². The molecule has 4 aliphatic carbocycles. The van der Waals surface area contributed by atoms with Gasteiger partial charge in [0.05, 0.1) is 0 Å². The van der Waals surface area contributed by atoms with E-state index in [-0.39, 0.29) is 0 Å². The average Bonchev–Trinajstić information content (AvgIpc) is 2.36. The molecule has 108 valence electrons. The van der Waals surface area contributed by atoms with Gasteiger partial charge in [0.1, 0.15) is 5.82 Å². The molecule has 1 aromatic rings. The van der Waals surface area contributed by atoms with Gasteiger partial charge in [-0.3, -0.25) is 0 Å². The third-order valence-electron chi connectivity index (χ3n) is 5.82. The van der Waals surface area contributed by atoms with E-state index in [1.54, 1.807) is 0 Å². The van der Waals surface area contributed by atoms with Gasteiger partial charge in [0.25, 0.3) is 0 Å². The zero-order valence-electron chi connectivity index (χ0n) is 12.4. The summed E-state index contributed by atoms with van der Waals surface area (Å²) in [7, 11) is 0. The van der Waals surface area contributed by atoms with E-state index >= 15 is 0 Å². The van der Waals surface area contributed by atoms with Crippen LogP contribution in [0.3, 0.4) is 0 Å². The minimum atomic E-state index is 0.310. The second-order valence-corrected chi connectivity index (χ2v) is 7.56. The zero-order chi connectivity index (χ0) is 13.7. The lowest BCUT2D eigenvalue weighted by molar-refractivity contribution is -0.00956. The Labute approximate surface area is 121 Å². The molecule has 0 saturated heterocycles. The number of nitrogens with zero attached hydrogens (tertiary/aromatic N) is 2. The molecule has 1 heterocycles. The van der Waals surface area contributed by atoms with Crippen molar-refractivity contribution in [2.24, 2.45) is 23.5 Å². The molecule has 5 rings (SSSR count). The highest BCUT2D eigenvalue weighted by molar-refractivity contribution is 5.21. The normalized spacial score (nSPS) is 38.4. The monoisotopic (exact) mass is 271 g/mol. The fourth-order valence-electron chi connectivity index (χ4n) is 5.53. The molecule has 0 aliphatic heterocycles. The summed E-state index contributed by atoms with van der Waals surface area (Å²) in [4.78, 5) is 9.78. The SMILES string of the molecule is Cc1cc(CCN)nc(C23CC4CC(CC(C4)C2)C3)n1. The number of nitrogens with two attached hydrogens (primary N) is 1. The number of aryl methyl sites for hydroxylation is 1. The maximum atomic E-state index is 5.71. The van der Waals surface area contributed by atoms with Gasteiger partial charge >= 0.3 is 0 Å². The van der Waals surface area contributed by atoms with Crippen LogP contribution in [0.15, 0.2) is 6.07 Å². The number of rotatable bonds is 3. The lowest BCUT2D eigenvalue weighted by atomic mass is 9.49. The predicted octanol–water partition coefficient (Wildman–Crippen LogP) is 2.75. The smallest absolute Gasteiger partial charge is 0.135 e. The zero-order valence-corrected chi connectivity index (χ0v) is 12.4. The first kappa shape index (κ1) is 12.8. The fourth-order valence-corrected chi connectivity index (χ4v) is 5.53. The van der Waals surface area contributed by atoms with E-state index in [1.165, 1.54) is 38.5 Å². The van der Waals surface area contributed by atoms with Crippen LogP contribution in [0.25, 0.3) is 0 Å². The van der Waals surface area contributed by atoms with Gasteiger partial charge in [-0.2, -0.15) is 0 Å². The minimum Gasteiger partial charge on any atom is -0.330 e. The molecule has 4 bridgehead atoms. The summed E-state index contributed by atoms with van der Waals surface area (Å²) in [6.07, 6.45) is 9.31. The quantitative estimate of drug-likeness (QED) is 0.919. The van der Waals surface area contributed by atoms with Gasteiger partial charge in [0.2, 0.25) is 0 Å². The van der Waals surface area contributed by atoms with E-state index in [1.807, 2.05) is 0 Å². The van der Waals surface area contributed by atoms with Crippen LogP contribution in [-0.4, -0.2) is 16.5 Å². The molecule has 0 atom stereocenters. The van der Waals surface area contributed by atoms with Gasteiger partial charge in [-0.1, -0.05) is 0 Å². The molecular weight excluding hydrogens is 246 g/mol. The van der Waals surface area contributed by atoms with E-state index in [9.17, 15) is 0 Å². The number of aromatic nitrogens is 2. The highest BCUT2D eigenvalue weighted by atomic mass is 14.9. The van der Waals surface area contributed by atoms with Crippen LogP contribution < -0.4 is 5.73 Å². The summed E-state index contributed by atoms with van der Waals surface area (Å²) in [6.45, 7) is 2.78. The molecule has 4 aliphatic rings. The molecule has 20 heavy (non-hydrogen) atoms. The average molecular weight is 271 g/mol. The number of hydrogen-bond donors (Lipinski definition) is 1. The minimum absolute atomic E-state index is 0.310. The van der Waals surface area contributed by atoms with Crippen molar-refractivity contribution in [3.63, 3.8) is 0 Å². The molecule has 3 heteroatoms. The van der Waals surface area contributed by atoms with Crippen LogP contribution in [0.2, 0.25) is 0 Å². The molecule has 2 N–H and O–H groups in total. The van der Waals surface area contributed by atoms with Crippen LogP contribution in [0, 0.1) is 24.7 Å². The van der Waals surface area contributed by atoms with Crippen molar-refractivity contribution in [2.45, 2.75) is 57.3 Å². The summed E-state index contributed by atoms with van der Waals surface area (Å²) in [5.41, 5.74) is 8.28. The Balaban J connectivity index is 1.73. The first-order valence-electron chi connectivity index (χ1n) is 8.22. The van der Waals surface area contributed by atoms with Gasteiger partial charge in [0.15, 0.2) is 0 Å². The van der Waals surface area contributed by atoms with Gasteiger partial charge in [-0.05, 0) is 75.8 Å². The highest BCUT2D eigenvalue weighted by Crippen LogP contribution is 2.60. The van der Waals surface area contributed by atoms with Gasteiger partial charge < -0.3 is 5.73 Å². The van der Waals surface area contributed by atoms with Crippen LogP contribution in [0.5, 0.6) is 0 Å². The van der Waals surface area contributed by atoms with Crippen molar-refractivity contribution in [2.75, 3.05) is 6.54 Å². The van der Waals surface area contributed by atoms with Crippen LogP contribution in [-0.2, 0) is 11.8 Å². The molecule has 4 saturated carbocycles. The van der Waals surface area contributed by atoms with Crippen LogP contribution in [0.1, 0.15) is 55.7 Å². The van der Waals surface area contributed by atoms with E-state index < -0.39 is 0 Å². The lowest BCUT2D eigenvalue weighted by Crippen LogP contribution is -2.49. The molecule has 0 aromatic carbocycles. The summed E-state index contributed by atoms with van der Waals surface area (Å²) in [5, 5.41) is 0. The first-order valence-corrected chi connectivity index (χ1v) is 8.22. The molecule has 0 amide bonds.